The number of nitrogens with zero attached hydrogens (tertiary/aromatic N) is 3. The molecule has 1 aromatic heterocycles. The first-order valence-electron chi connectivity index (χ1n) is 7.49. The van der Waals surface area contributed by atoms with Gasteiger partial charge in [-0.2, -0.15) is 0 Å². The van der Waals surface area contributed by atoms with Gasteiger partial charge < -0.3 is 4.74 Å². The van der Waals surface area contributed by atoms with E-state index in [0.29, 0.717) is 17.9 Å². The molecular formula is C14H22N4O2. The maximum atomic E-state index is 12.5. The summed E-state index contributed by atoms with van der Waals surface area (Å²) in [6.07, 6.45) is 5.80. The van der Waals surface area contributed by atoms with Crippen LogP contribution in [0.4, 0.5) is 5.95 Å². The number of carbonyl (C=O) groups is 1. The maximum Gasteiger partial charge on any atom is 0.232 e. The van der Waals surface area contributed by atoms with Crippen LogP contribution >= 0.6 is 0 Å². The van der Waals surface area contributed by atoms with Gasteiger partial charge in [-0.05, 0) is 31.6 Å². The van der Waals surface area contributed by atoms with Crippen LogP contribution in [0, 0.1) is 11.8 Å². The molecule has 2 unspecified atom stereocenters. The van der Waals surface area contributed by atoms with E-state index in [1.807, 2.05) is 4.57 Å². The zero-order valence-electron chi connectivity index (χ0n) is 12.1. The van der Waals surface area contributed by atoms with E-state index in [-0.39, 0.29) is 17.9 Å². The third-order valence-electron chi connectivity index (χ3n) is 4.11. The van der Waals surface area contributed by atoms with Crippen LogP contribution in [0.5, 0.6) is 0 Å². The quantitative estimate of drug-likeness (QED) is 0.914. The molecular weight excluding hydrogens is 256 g/mol. The van der Waals surface area contributed by atoms with Gasteiger partial charge in [0.1, 0.15) is 6.33 Å². The number of hydrogen-bond acceptors (Lipinski definition) is 4. The molecule has 1 amide bonds. The van der Waals surface area contributed by atoms with E-state index >= 15 is 0 Å². The highest BCUT2D eigenvalue weighted by molar-refractivity contribution is 5.91. The minimum Gasteiger partial charge on any atom is -0.377 e. The summed E-state index contributed by atoms with van der Waals surface area (Å²) in [5, 5.41) is 10.9. The summed E-state index contributed by atoms with van der Waals surface area (Å²) in [7, 11) is 0. The smallest absolute Gasteiger partial charge is 0.232 e. The van der Waals surface area contributed by atoms with Crippen molar-refractivity contribution in [2.24, 2.45) is 11.8 Å². The monoisotopic (exact) mass is 278 g/mol. The lowest BCUT2D eigenvalue weighted by molar-refractivity contribution is -0.131. The van der Waals surface area contributed by atoms with Crippen LogP contribution in [0.1, 0.15) is 45.6 Å². The maximum absolute atomic E-state index is 12.5. The average Bonchev–Trinajstić information content (AvgIpc) is 3.19. The summed E-state index contributed by atoms with van der Waals surface area (Å²) in [5.41, 5.74) is 0. The largest absolute Gasteiger partial charge is 0.377 e. The van der Waals surface area contributed by atoms with Gasteiger partial charge in [-0.3, -0.25) is 14.7 Å². The summed E-state index contributed by atoms with van der Waals surface area (Å²) in [6, 6.07) is 0.462. The summed E-state index contributed by atoms with van der Waals surface area (Å²) in [6.45, 7) is 4.96. The molecule has 1 saturated carbocycles. The van der Waals surface area contributed by atoms with Gasteiger partial charge in [0.15, 0.2) is 0 Å². The zero-order chi connectivity index (χ0) is 14.1. The van der Waals surface area contributed by atoms with Crippen molar-refractivity contribution in [2.45, 2.75) is 51.7 Å². The summed E-state index contributed by atoms with van der Waals surface area (Å²) in [5.74, 6) is 0.837. The Morgan fingerprint density at radius 1 is 1.45 bits per heavy atom. The van der Waals surface area contributed by atoms with E-state index in [2.05, 4.69) is 29.4 Å². The summed E-state index contributed by atoms with van der Waals surface area (Å²) >= 11 is 0. The lowest BCUT2D eigenvalue weighted by Crippen LogP contribution is -2.41. The van der Waals surface area contributed by atoms with Crippen LogP contribution in [0.2, 0.25) is 0 Å². The van der Waals surface area contributed by atoms with Crippen LogP contribution < -0.4 is 5.32 Å². The van der Waals surface area contributed by atoms with Gasteiger partial charge in [-0.25, -0.2) is 0 Å². The average molecular weight is 278 g/mol. The van der Waals surface area contributed by atoms with Crippen LogP contribution in [0.15, 0.2) is 6.33 Å². The van der Waals surface area contributed by atoms with E-state index in [4.69, 9.17) is 4.74 Å². The second-order valence-electron chi connectivity index (χ2n) is 6.11. The highest BCUT2D eigenvalue weighted by Gasteiger charge is 2.35. The van der Waals surface area contributed by atoms with E-state index in [1.54, 1.807) is 6.33 Å². The zero-order valence-corrected chi connectivity index (χ0v) is 12.1. The Kier molecular flexibility index (Phi) is 3.74. The molecule has 1 aromatic rings. The van der Waals surface area contributed by atoms with E-state index in [0.717, 1.165) is 32.3 Å². The van der Waals surface area contributed by atoms with E-state index in [1.165, 1.54) is 0 Å². The fourth-order valence-corrected chi connectivity index (χ4v) is 2.90. The number of hydrogen-bond donors (Lipinski definition) is 1. The number of anilines is 1. The Morgan fingerprint density at radius 3 is 2.95 bits per heavy atom. The minimum absolute atomic E-state index is 0.000969. The van der Waals surface area contributed by atoms with E-state index in [9.17, 15) is 4.79 Å². The van der Waals surface area contributed by atoms with Crippen LogP contribution in [-0.2, 0) is 9.53 Å². The van der Waals surface area contributed by atoms with Gasteiger partial charge in [0.2, 0.25) is 11.9 Å². The van der Waals surface area contributed by atoms with Gasteiger partial charge in [0.05, 0.1) is 12.0 Å². The van der Waals surface area contributed by atoms with Crippen molar-refractivity contribution in [3.05, 3.63) is 6.33 Å². The molecule has 20 heavy (non-hydrogen) atoms. The normalized spacial score (nSPS) is 26.8. The lowest BCUT2D eigenvalue weighted by Gasteiger charge is -2.33. The predicted molar refractivity (Wildman–Crippen MR) is 74.2 cm³/mol. The minimum atomic E-state index is -0.0897. The molecule has 6 heteroatoms. The number of carbonyl (C=O) groups excluding carboxylic acids is 1. The molecule has 0 aromatic carbocycles. The highest BCUT2D eigenvalue weighted by Crippen LogP contribution is 2.36. The Bertz CT molecular complexity index is 481. The molecule has 110 valence electrons. The second kappa shape index (κ2) is 5.52. The van der Waals surface area contributed by atoms with Crippen molar-refractivity contribution in [1.29, 1.82) is 0 Å². The van der Waals surface area contributed by atoms with Crippen LogP contribution in [-0.4, -0.2) is 33.4 Å². The summed E-state index contributed by atoms with van der Waals surface area (Å²) < 4.78 is 7.74. The third kappa shape index (κ3) is 2.70. The van der Waals surface area contributed by atoms with Gasteiger partial charge in [-0.15, -0.1) is 10.2 Å². The molecule has 0 spiro atoms. The first-order valence-corrected chi connectivity index (χ1v) is 7.49. The standard InChI is InChI=1S/C14H22N4O2/c1-9(2)12-11(4-3-7-20-12)13(19)16-14-17-15-8-18(14)10-5-6-10/h8-12H,3-7H2,1-2H3,(H,16,17,19). The third-order valence-corrected chi connectivity index (χ3v) is 4.11. The molecule has 1 aliphatic heterocycles. The van der Waals surface area contributed by atoms with Crippen molar-refractivity contribution in [2.75, 3.05) is 11.9 Å². The Hall–Kier alpha value is -1.43. The number of nitrogens with one attached hydrogen (secondary N) is 1. The first kappa shape index (κ1) is 13.5. The number of ether oxygens (including phenoxy) is 1. The fraction of sp³-hybridized carbons (Fsp3) is 0.786. The molecule has 2 atom stereocenters. The van der Waals surface area contributed by atoms with Crippen molar-refractivity contribution in [3.8, 4) is 0 Å². The molecule has 2 aliphatic rings. The first-order chi connectivity index (χ1) is 9.66. The second-order valence-corrected chi connectivity index (χ2v) is 6.11. The number of aromatic nitrogens is 3. The fourth-order valence-electron chi connectivity index (χ4n) is 2.90. The molecule has 1 N–H and O–H groups in total. The van der Waals surface area contributed by atoms with Gasteiger partial charge in [-0.1, -0.05) is 13.8 Å². The SMILES string of the molecule is CC(C)C1OCCCC1C(=O)Nc1nncn1C1CC1. The predicted octanol–water partition coefficient (Wildman–Crippen LogP) is 2.00. The number of amides is 1. The molecule has 0 radical (unpaired) electrons. The molecule has 6 nitrogen and oxygen atoms in total. The van der Waals surface area contributed by atoms with Gasteiger partial charge in [0, 0.05) is 12.6 Å². The van der Waals surface area contributed by atoms with Crippen molar-refractivity contribution in [1.82, 2.24) is 14.8 Å². The van der Waals surface area contributed by atoms with Crippen LogP contribution in [0.25, 0.3) is 0 Å². The van der Waals surface area contributed by atoms with Crippen LogP contribution in [0.3, 0.4) is 0 Å². The molecule has 1 aliphatic carbocycles. The molecule has 3 rings (SSSR count). The van der Waals surface area contributed by atoms with Crippen molar-refractivity contribution in [3.63, 3.8) is 0 Å². The van der Waals surface area contributed by atoms with Gasteiger partial charge >= 0.3 is 0 Å². The van der Waals surface area contributed by atoms with Gasteiger partial charge in [0.25, 0.3) is 0 Å². The number of rotatable bonds is 4. The molecule has 0 bridgehead atoms. The van der Waals surface area contributed by atoms with Crippen molar-refractivity contribution < 1.29 is 9.53 Å². The topological polar surface area (TPSA) is 69.0 Å². The molecule has 2 fully saturated rings. The molecule has 2 heterocycles. The molecule has 1 saturated heterocycles. The van der Waals surface area contributed by atoms with E-state index < -0.39 is 0 Å². The Balaban J connectivity index is 1.69. The highest BCUT2D eigenvalue weighted by atomic mass is 16.5. The summed E-state index contributed by atoms with van der Waals surface area (Å²) in [4.78, 5) is 12.5. The lowest BCUT2D eigenvalue weighted by atomic mass is 9.87. The van der Waals surface area contributed by atoms with Crippen molar-refractivity contribution >= 4 is 11.9 Å². The Morgan fingerprint density at radius 2 is 2.25 bits per heavy atom. The Labute approximate surface area is 118 Å².